The molecule has 50 heavy (non-hydrogen) atoms. The van der Waals surface area contributed by atoms with Crippen LogP contribution in [0.2, 0.25) is 0 Å². The van der Waals surface area contributed by atoms with Gasteiger partial charge in [0.15, 0.2) is 9.84 Å². The zero-order valence-electron chi connectivity index (χ0n) is 31.1. The molecular weight excluding hydrogens is 645 g/mol. The standard InChI is InChI=1S/C42H60N2O5S/c1-38(2)31(28-8-10-29(11-9-28)37(46)47)15-17-39(3)33(38)16-18-41(5)34(39)13-12-32-36-30(27-6-7-27)14-19-42(36,21-20-40(32,41)4)43-35(45)26-44-22-24-50(48,49)25-23-44/h8-11,15,27,30,32-34,36H,6-7,12-14,16-26H2,1-5H3,(H,43,45)(H,46,47)/t30-,32+,33-,34+,36+,39-,40+,41+,42-/m0/s1. The first-order valence-corrected chi connectivity index (χ1v) is 21.6. The number of rotatable bonds is 6. The first-order valence-electron chi connectivity index (χ1n) is 19.8. The highest BCUT2D eigenvalue weighted by Gasteiger charge is 2.71. The van der Waals surface area contributed by atoms with Crippen molar-refractivity contribution in [2.45, 2.75) is 111 Å². The van der Waals surface area contributed by atoms with E-state index in [9.17, 15) is 23.1 Å². The summed E-state index contributed by atoms with van der Waals surface area (Å²) in [4.78, 5) is 27.4. The van der Waals surface area contributed by atoms with E-state index in [1.165, 1.54) is 56.9 Å². The molecule has 0 aromatic heterocycles. The summed E-state index contributed by atoms with van der Waals surface area (Å²) in [6.45, 7) is 14.1. The number of hydrogen-bond donors (Lipinski definition) is 2. The third-order valence-corrected chi connectivity index (χ3v) is 18.5. The Bertz CT molecular complexity index is 1680. The summed E-state index contributed by atoms with van der Waals surface area (Å²) in [7, 11) is -2.97. The summed E-state index contributed by atoms with van der Waals surface area (Å²) in [5.74, 6) is 3.41. The van der Waals surface area contributed by atoms with Crippen LogP contribution < -0.4 is 5.32 Å². The Hall–Kier alpha value is -2.19. The molecule has 8 rings (SSSR count). The summed E-state index contributed by atoms with van der Waals surface area (Å²) in [6.07, 6.45) is 15.8. The van der Waals surface area contributed by atoms with Gasteiger partial charge >= 0.3 is 5.97 Å². The van der Waals surface area contributed by atoms with Crippen LogP contribution in [0, 0.1) is 57.2 Å². The van der Waals surface area contributed by atoms with Gasteiger partial charge in [0, 0.05) is 18.6 Å². The number of benzene rings is 1. The van der Waals surface area contributed by atoms with Gasteiger partial charge in [-0.05, 0) is 151 Å². The van der Waals surface area contributed by atoms with E-state index >= 15 is 0 Å². The van der Waals surface area contributed by atoms with Crippen molar-refractivity contribution in [2.24, 2.45) is 57.2 Å². The molecular formula is C42H60N2O5S. The average molecular weight is 705 g/mol. The molecule has 0 spiro atoms. The molecule has 1 amide bonds. The second kappa shape index (κ2) is 11.7. The molecule has 1 aromatic rings. The maximum absolute atomic E-state index is 13.8. The van der Waals surface area contributed by atoms with Gasteiger partial charge in [0.2, 0.25) is 5.91 Å². The monoisotopic (exact) mass is 704 g/mol. The lowest BCUT2D eigenvalue weighted by Gasteiger charge is -2.72. The number of aromatic carboxylic acids is 1. The first kappa shape index (κ1) is 34.9. The predicted molar refractivity (Wildman–Crippen MR) is 197 cm³/mol. The Balaban J connectivity index is 1.07. The molecule has 0 bridgehead atoms. The van der Waals surface area contributed by atoms with Crippen molar-refractivity contribution in [3.05, 3.63) is 41.5 Å². The predicted octanol–water partition coefficient (Wildman–Crippen LogP) is 7.47. The second-order valence-corrected chi connectivity index (χ2v) is 21.6. The van der Waals surface area contributed by atoms with Crippen molar-refractivity contribution >= 4 is 27.3 Å². The minimum atomic E-state index is -2.97. The lowest BCUT2D eigenvalue weighted by Crippen LogP contribution is -2.68. The third-order valence-electron chi connectivity index (χ3n) is 16.9. The fraction of sp³-hybridized carbons (Fsp3) is 0.762. The fourth-order valence-electron chi connectivity index (χ4n) is 14.2. The van der Waals surface area contributed by atoms with Gasteiger partial charge in [0.25, 0.3) is 0 Å². The molecule has 9 atom stereocenters. The van der Waals surface area contributed by atoms with Gasteiger partial charge in [-0.3, -0.25) is 9.69 Å². The van der Waals surface area contributed by atoms with Gasteiger partial charge < -0.3 is 10.4 Å². The largest absolute Gasteiger partial charge is 0.478 e. The minimum Gasteiger partial charge on any atom is -0.478 e. The summed E-state index contributed by atoms with van der Waals surface area (Å²) in [5, 5.41) is 13.2. The number of carboxylic acid groups (broad SMARTS) is 1. The fourth-order valence-corrected chi connectivity index (χ4v) is 15.5. The van der Waals surface area contributed by atoms with E-state index in [0.717, 1.165) is 30.7 Å². The van der Waals surface area contributed by atoms with E-state index in [2.05, 4.69) is 46.0 Å². The molecule has 0 radical (unpaired) electrons. The smallest absolute Gasteiger partial charge is 0.335 e. The van der Waals surface area contributed by atoms with Crippen LogP contribution in [0.1, 0.15) is 121 Å². The number of fused-ring (bicyclic) bond motifs is 7. The number of allylic oxidation sites excluding steroid dienone is 2. The van der Waals surface area contributed by atoms with Crippen LogP contribution in [0.25, 0.3) is 5.57 Å². The zero-order valence-corrected chi connectivity index (χ0v) is 31.9. The van der Waals surface area contributed by atoms with Crippen LogP contribution in [0.3, 0.4) is 0 Å². The summed E-state index contributed by atoms with van der Waals surface area (Å²) >= 11 is 0. The number of nitrogens with one attached hydrogen (secondary N) is 1. The normalized spacial score (nSPS) is 43.4. The molecule has 1 aliphatic heterocycles. The highest BCUT2D eigenvalue weighted by atomic mass is 32.2. The SMILES string of the molecule is CC1(C)C(c2ccc(C(=O)O)cc2)=CC[C@]2(C)[C@H]3CC[C@@H]4[C@H]5[C@H](C6CC6)CC[C@]5(NC(=O)CN5CCS(=O)(=O)CC5)CC[C@@]4(C)[C@]3(C)CC[C@@H]12. The number of nitrogens with zero attached hydrogens (tertiary/aromatic N) is 1. The number of carbonyl (C=O) groups is 2. The van der Waals surface area contributed by atoms with Crippen molar-refractivity contribution in [3.8, 4) is 0 Å². The van der Waals surface area contributed by atoms with Crippen LogP contribution in [0.5, 0.6) is 0 Å². The molecule has 5 saturated carbocycles. The van der Waals surface area contributed by atoms with Crippen molar-refractivity contribution < 1.29 is 23.1 Å². The van der Waals surface area contributed by atoms with Crippen LogP contribution in [-0.4, -0.2) is 67.0 Å². The number of hydrogen-bond acceptors (Lipinski definition) is 5. The lowest BCUT2D eigenvalue weighted by atomic mass is 9.33. The maximum atomic E-state index is 13.8. The van der Waals surface area contributed by atoms with Gasteiger partial charge in [-0.25, -0.2) is 13.2 Å². The molecule has 6 aliphatic carbocycles. The molecule has 0 unspecified atom stereocenters. The Morgan fingerprint density at radius 1 is 0.840 bits per heavy atom. The topological polar surface area (TPSA) is 104 Å². The third kappa shape index (κ3) is 5.21. The molecule has 1 heterocycles. The number of carbonyl (C=O) groups excluding carboxylic acids is 1. The summed E-state index contributed by atoms with van der Waals surface area (Å²) in [5.41, 5.74) is 3.40. The van der Waals surface area contributed by atoms with Crippen molar-refractivity contribution in [1.82, 2.24) is 10.2 Å². The molecule has 1 saturated heterocycles. The minimum absolute atomic E-state index is 0.0100. The Morgan fingerprint density at radius 3 is 2.20 bits per heavy atom. The highest BCUT2D eigenvalue weighted by molar-refractivity contribution is 7.91. The molecule has 274 valence electrons. The van der Waals surface area contributed by atoms with E-state index < -0.39 is 15.8 Å². The zero-order chi connectivity index (χ0) is 35.5. The molecule has 8 heteroatoms. The van der Waals surface area contributed by atoms with E-state index in [1.54, 1.807) is 12.1 Å². The second-order valence-electron chi connectivity index (χ2n) is 19.3. The van der Waals surface area contributed by atoms with Crippen LogP contribution in [0.15, 0.2) is 30.3 Å². The van der Waals surface area contributed by atoms with Crippen molar-refractivity contribution in [3.63, 3.8) is 0 Å². The van der Waals surface area contributed by atoms with E-state index in [-0.39, 0.29) is 44.6 Å². The van der Waals surface area contributed by atoms with E-state index in [0.29, 0.717) is 54.8 Å². The maximum Gasteiger partial charge on any atom is 0.335 e. The van der Waals surface area contributed by atoms with E-state index in [4.69, 9.17) is 0 Å². The summed E-state index contributed by atoms with van der Waals surface area (Å²) in [6, 6.07) is 7.54. The highest BCUT2D eigenvalue weighted by Crippen LogP contribution is 2.77. The Morgan fingerprint density at radius 2 is 1.54 bits per heavy atom. The van der Waals surface area contributed by atoms with Crippen molar-refractivity contribution in [1.29, 1.82) is 0 Å². The Kier molecular flexibility index (Phi) is 8.13. The van der Waals surface area contributed by atoms with Gasteiger partial charge in [0.1, 0.15) is 0 Å². The van der Waals surface area contributed by atoms with Crippen molar-refractivity contribution in [2.75, 3.05) is 31.1 Å². The van der Waals surface area contributed by atoms with Crippen LogP contribution >= 0.6 is 0 Å². The van der Waals surface area contributed by atoms with Crippen LogP contribution in [0.4, 0.5) is 0 Å². The van der Waals surface area contributed by atoms with Gasteiger partial charge in [-0.2, -0.15) is 0 Å². The number of carboxylic acids is 1. The summed E-state index contributed by atoms with van der Waals surface area (Å²) < 4.78 is 24.1. The van der Waals surface area contributed by atoms with Gasteiger partial charge in [0.05, 0.1) is 23.6 Å². The first-order chi connectivity index (χ1) is 23.5. The quantitative estimate of drug-likeness (QED) is 0.319. The molecule has 2 N–H and O–H groups in total. The molecule has 7 nitrogen and oxygen atoms in total. The average Bonchev–Trinajstić information content (AvgIpc) is 3.83. The van der Waals surface area contributed by atoms with Gasteiger partial charge in [-0.15, -0.1) is 0 Å². The van der Waals surface area contributed by atoms with Gasteiger partial charge in [-0.1, -0.05) is 52.8 Å². The molecule has 1 aromatic carbocycles. The Labute approximate surface area is 300 Å². The number of amides is 1. The molecule has 7 aliphatic rings. The van der Waals surface area contributed by atoms with E-state index in [1.807, 2.05) is 17.0 Å². The number of sulfone groups is 1. The van der Waals surface area contributed by atoms with Crippen LogP contribution in [-0.2, 0) is 14.6 Å². The lowest BCUT2D eigenvalue weighted by molar-refractivity contribution is -0.220. The molecule has 6 fully saturated rings.